The first-order chi connectivity index (χ1) is 12.9. The van der Waals surface area contributed by atoms with E-state index in [0.29, 0.717) is 17.9 Å². The van der Waals surface area contributed by atoms with Crippen LogP contribution in [0.25, 0.3) is 5.57 Å². The summed E-state index contributed by atoms with van der Waals surface area (Å²) >= 11 is 5.55. The van der Waals surface area contributed by atoms with Crippen LogP contribution in [-0.2, 0) is 23.6 Å². The summed E-state index contributed by atoms with van der Waals surface area (Å²) in [6.07, 6.45) is 3.91. The van der Waals surface area contributed by atoms with E-state index >= 15 is 0 Å². The van der Waals surface area contributed by atoms with Gasteiger partial charge in [-0.1, -0.05) is 36.4 Å². The second-order valence-electron chi connectivity index (χ2n) is 7.36. The quantitative estimate of drug-likeness (QED) is 0.733. The summed E-state index contributed by atoms with van der Waals surface area (Å²) in [7, 11) is -1.05. The summed E-state index contributed by atoms with van der Waals surface area (Å²) in [4.78, 5) is 2.31. The van der Waals surface area contributed by atoms with Crippen LogP contribution >= 0.6 is 12.2 Å². The van der Waals surface area contributed by atoms with E-state index in [2.05, 4.69) is 40.3 Å². The summed E-state index contributed by atoms with van der Waals surface area (Å²) < 4.78 is 27.9. The van der Waals surface area contributed by atoms with Crippen LogP contribution in [0.15, 0.2) is 36.4 Å². The number of nitrogens with zero attached hydrogens (tertiary/aromatic N) is 4. The Morgan fingerprint density at radius 2 is 2.04 bits per heavy atom. The number of aromatic nitrogens is 3. The van der Waals surface area contributed by atoms with Crippen LogP contribution in [0.5, 0.6) is 0 Å². The zero-order valence-electron chi connectivity index (χ0n) is 15.4. The van der Waals surface area contributed by atoms with Gasteiger partial charge in [-0.15, -0.1) is 0 Å². The molecule has 1 aromatic heterocycles. The topological polar surface area (TPSA) is 60.1 Å². The van der Waals surface area contributed by atoms with E-state index in [0.717, 1.165) is 25.3 Å². The molecule has 6 nitrogen and oxygen atoms in total. The van der Waals surface area contributed by atoms with Crippen molar-refractivity contribution in [3.63, 3.8) is 0 Å². The van der Waals surface area contributed by atoms with E-state index in [1.807, 2.05) is 22.4 Å². The van der Waals surface area contributed by atoms with E-state index in [1.165, 1.54) is 11.1 Å². The summed E-state index contributed by atoms with van der Waals surface area (Å²) in [6.45, 7) is 2.44. The van der Waals surface area contributed by atoms with Gasteiger partial charge in [0.1, 0.15) is 5.82 Å². The van der Waals surface area contributed by atoms with Gasteiger partial charge in [-0.05, 0) is 36.2 Å². The molecule has 1 fully saturated rings. The van der Waals surface area contributed by atoms with Crippen LogP contribution < -0.4 is 0 Å². The highest BCUT2D eigenvalue weighted by Gasteiger charge is 2.32. The molecule has 8 heteroatoms. The Balaban J connectivity index is 1.47. The lowest BCUT2D eigenvalue weighted by molar-refractivity contribution is 0.225. The molecule has 0 saturated carbocycles. The summed E-state index contributed by atoms with van der Waals surface area (Å²) in [5.74, 6) is 1.17. The highest BCUT2D eigenvalue weighted by Crippen LogP contribution is 2.28. The number of benzene rings is 1. The number of rotatable bonds is 4. The zero-order valence-corrected chi connectivity index (χ0v) is 17.0. The van der Waals surface area contributed by atoms with Crippen molar-refractivity contribution in [1.82, 2.24) is 19.2 Å². The standard InChI is InChI=1S/C19H24N4O2S2/c1-21-18(17-9-12-27(24,25)13-17)20-23(19(21)26)14-22-10-7-16(8-11-22)15-5-3-2-4-6-15/h2-7,17H,8-14H2,1H3/t17-/m0/s1. The van der Waals surface area contributed by atoms with Crippen molar-refractivity contribution in [2.45, 2.75) is 25.4 Å². The fourth-order valence-electron chi connectivity index (χ4n) is 3.89. The Morgan fingerprint density at radius 3 is 2.67 bits per heavy atom. The van der Waals surface area contributed by atoms with Crippen LogP contribution in [-0.4, -0.2) is 52.3 Å². The molecule has 4 rings (SSSR count). The first-order valence-electron chi connectivity index (χ1n) is 9.24. The minimum absolute atomic E-state index is 0.0473. The van der Waals surface area contributed by atoms with Crippen LogP contribution in [0.3, 0.4) is 0 Å². The smallest absolute Gasteiger partial charge is 0.198 e. The Bertz CT molecular complexity index is 1020. The monoisotopic (exact) mass is 404 g/mol. The molecule has 0 spiro atoms. The van der Waals surface area contributed by atoms with Crippen molar-refractivity contribution in [3.8, 4) is 0 Å². The molecular weight excluding hydrogens is 380 g/mol. The molecule has 1 saturated heterocycles. The van der Waals surface area contributed by atoms with Gasteiger partial charge in [0.15, 0.2) is 14.6 Å². The van der Waals surface area contributed by atoms with Gasteiger partial charge < -0.3 is 4.57 Å². The molecule has 2 aliphatic heterocycles. The van der Waals surface area contributed by atoms with Gasteiger partial charge in [-0.2, -0.15) is 5.10 Å². The number of hydrogen-bond donors (Lipinski definition) is 0. The van der Waals surface area contributed by atoms with Crippen molar-refractivity contribution in [3.05, 3.63) is 52.6 Å². The molecule has 0 amide bonds. The first-order valence-corrected chi connectivity index (χ1v) is 11.5. The molecule has 27 heavy (non-hydrogen) atoms. The predicted molar refractivity (Wildman–Crippen MR) is 109 cm³/mol. The first kappa shape index (κ1) is 18.6. The van der Waals surface area contributed by atoms with Crippen LogP contribution in [0.4, 0.5) is 0 Å². The molecule has 0 bridgehead atoms. The van der Waals surface area contributed by atoms with Crippen molar-refractivity contribution in [1.29, 1.82) is 0 Å². The Hall–Kier alpha value is -1.77. The maximum Gasteiger partial charge on any atom is 0.198 e. The summed E-state index contributed by atoms with van der Waals surface area (Å²) in [5.41, 5.74) is 2.67. The number of hydrogen-bond acceptors (Lipinski definition) is 5. The third-order valence-electron chi connectivity index (χ3n) is 5.44. The zero-order chi connectivity index (χ0) is 19.0. The normalized spacial score (nSPS) is 22.7. The average Bonchev–Trinajstić information content (AvgIpc) is 3.17. The van der Waals surface area contributed by atoms with Gasteiger partial charge in [0.25, 0.3) is 0 Å². The van der Waals surface area contributed by atoms with Crippen LogP contribution in [0.1, 0.15) is 30.1 Å². The van der Waals surface area contributed by atoms with Crippen molar-refractivity contribution >= 4 is 27.6 Å². The third-order valence-corrected chi connectivity index (χ3v) is 7.70. The molecular formula is C19H24N4O2S2. The van der Waals surface area contributed by atoms with E-state index < -0.39 is 9.84 Å². The molecule has 144 valence electrons. The Morgan fingerprint density at radius 1 is 1.26 bits per heavy atom. The van der Waals surface area contributed by atoms with Gasteiger partial charge in [0.05, 0.1) is 18.2 Å². The van der Waals surface area contributed by atoms with Crippen molar-refractivity contribution in [2.75, 3.05) is 24.6 Å². The minimum atomic E-state index is -2.94. The van der Waals surface area contributed by atoms with E-state index in [9.17, 15) is 8.42 Å². The largest absolute Gasteiger partial charge is 0.307 e. The van der Waals surface area contributed by atoms with Gasteiger partial charge in [-0.3, -0.25) is 4.90 Å². The second-order valence-corrected chi connectivity index (χ2v) is 9.96. The molecule has 3 heterocycles. The van der Waals surface area contributed by atoms with Crippen molar-refractivity contribution in [2.24, 2.45) is 7.05 Å². The van der Waals surface area contributed by atoms with Gasteiger partial charge in [0.2, 0.25) is 0 Å². The molecule has 2 aliphatic rings. The van der Waals surface area contributed by atoms with Gasteiger partial charge >= 0.3 is 0 Å². The lowest BCUT2D eigenvalue weighted by atomic mass is 10.00. The van der Waals surface area contributed by atoms with Gasteiger partial charge in [0, 0.05) is 26.1 Å². The molecule has 0 aliphatic carbocycles. The molecule has 0 radical (unpaired) electrons. The fraction of sp³-hybridized carbons (Fsp3) is 0.474. The predicted octanol–water partition coefficient (Wildman–Crippen LogP) is 2.60. The Labute approximate surface area is 165 Å². The Kier molecular flexibility index (Phi) is 5.05. The SMILES string of the molecule is Cn1c([C@H]2CCS(=O)(=O)C2)nn(CN2CC=C(c3ccccc3)CC2)c1=S. The maximum atomic E-state index is 11.8. The highest BCUT2D eigenvalue weighted by molar-refractivity contribution is 7.91. The molecule has 0 N–H and O–H groups in total. The molecule has 1 atom stereocenters. The van der Waals surface area contributed by atoms with E-state index in [-0.39, 0.29) is 17.4 Å². The molecule has 0 unspecified atom stereocenters. The summed E-state index contributed by atoms with van der Waals surface area (Å²) in [6, 6.07) is 10.5. The molecule has 1 aromatic carbocycles. The highest BCUT2D eigenvalue weighted by atomic mass is 32.2. The lowest BCUT2D eigenvalue weighted by Gasteiger charge is -2.26. The number of sulfone groups is 1. The molecule has 2 aromatic rings. The fourth-order valence-corrected chi connectivity index (χ4v) is 5.83. The maximum absolute atomic E-state index is 11.8. The lowest BCUT2D eigenvalue weighted by Crippen LogP contribution is -2.31. The second kappa shape index (κ2) is 7.33. The third kappa shape index (κ3) is 3.93. The van der Waals surface area contributed by atoms with Crippen LogP contribution in [0, 0.1) is 4.77 Å². The van der Waals surface area contributed by atoms with Crippen LogP contribution in [0.2, 0.25) is 0 Å². The van der Waals surface area contributed by atoms with Gasteiger partial charge in [-0.25, -0.2) is 13.1 Å². The van der Waals surface area contributed by atoms with E-state index in [4.69, 9.17) is 12.2 Å². The van der Waals surface area contributed by atoms with Crippen molar-refractivity contribution < 1.29 is 8.42 Å². The average molecular weight is 405 g/mol. The summed E-state index contributed by atoms with van der Waals surface area (Å²) in [5, 5.41) is 4.68. The van der Waals surface area contributed by atoms with E-state index in [1.54, 1.807) is 0 Å². The minimum Gasteiger partial charge on any atom is -0.307 e.